The molecule has 3 aromatic heterocycles. The van der Waals surface area contributed by atoms with Crippen molar-refractivity contribution in [2.45, 2.75) is 31.2 Å². The lowest BCUT2D eigenvalue weighted by atomic mass is 9.97. The Balaban J connectivity index is 1.13. The fourth-order valence-electron chi connectivity index (χ4n) is 4.70. The molecule has 8 heteroatoms. The second-order valence-corrected chi connectivity index (χ2v) is 10.6. The summed E-state index contributed by atoms with van der Waals surface area (Å²) >= 11 is 3.46. The fourth-order valence-corrected chi connectivity index (χ4v) is 6.56. The van der Waals surface area contributed by atoms with Crippen LogP contribution >= 0.6 is 22.7 Å². The highest BCUT2D eigenvalue weighted by atomic mass is 32.1. The molecule has 0 aliphatic carbocycles. The van der Waals surface area contributed by atoms with Crippen molar-refractivity contribution in [1.29, 1.82) is 0 Å². The lowest BCUT2D eigenvalue weighted by Gasteiger charge is -2.31. The van der Waals surface area contributed by atoms with Gasteiger partial charge in [-0.3, -0.25) is 9.69 Å². The summed E-state index contributed by atoms with van der Waals surface area (Å²) in [6.07, 6.45) is 4.39. The third-order valence-corrected chi connectivity index (χ3v) is 8.57. The van der Waals surface area contributed by atoms with Crippen LogP contribution in [-0.2, 0) is 4.79 Å². The molecule has 1 unspecified atom stereocenters. The smallest absolute Gasteiger partial charge is 0.257 e. The maximum Gasteiger partial charge on any atom is 0.257 e. The highest BCUT2D eigenvalue weighted by Gasteiger charge is 2.36. The Labute approximate surface area is 200 Å². The number of hydrogen-bond donors (Lipinski definition) is 0. The van der Waals surface area contributed by atoms with Crippen LogP contribution in [0.15, 0.2) is 69.7 Å². The van der Waals surface area contributed by atoms with Gasteiger partial charge in [-0.05, 0) is 61.6 Å². The van der Waals surface area contributed by atoms with Crippen LogP contribution in [0, 0.1) is 0 Å². The largest absolute Gasteiger partial charge is 0.467 e. The van der Waals surface area contributed by atoms with Crippen LogP contribution in [0.4, 0.5) is 0 Å². The number of likely N-dealkylation sites (tertiary alicyclic amines) is 1. The van der Waals surface area contributed by atoms with E-state index in [-0.39, 0.29) is 11.9 Å². The minimum absolute atomic E-state index is 0.0291. The molecule has 1 saturated heterocycles. The van der Waals surface area contributed by atoms with E-state index in [4.69, 9.17) is 14.5 Å². The van der Waals surface area contributed by atoms with Crippen LogP contribution < -0.4 is 0 Å². The van der Waals surface area contributed by atoms with Crippen LogP contribution in [0.25, 0.3) is 10.2 Å². The first-order valence-electron chi connectivity index (χ1n) is 11.3. The maximum atomic E-state index is 13.3. The van der Waals surface area contributed by atoms with Crippen molar-refractivity contribution in [3.05, 3.63) is 75.8 Å². The number of carbonyl (C=O) groups is 1. The van der Waals surface area contributed by atoms with E-state index >= 15 is 0 Å². The van der Waals surface area contributed by atoms with Gasteiger partial charge < -0.3 is 4.42 Å². The normalized spacial score (nSPS) is 19.9. The van der Waals surface area contributed by atoms with Gasteiger partial charge in [0.2, 0.25) is 0 Å². The average Bonchev–Trinajstić information content (AvgIpc) is 3.64. The summed E-state index contributed by atoms with van der Waals surface area (Å²) in [5, 5.41) is 9.65. The molecule has 1 atom stereocenters. The van der Waals surface area contributed by atoms with Crippen LogP contribution in [0.3, 0.4) is 0 Å². The predicted octanol–water partition coefficient (Wildman–Crippen LogP) is 5.51. The van der Waals surface area contributed by atoms with Crippen molar-refractivity contribution in [3.63, 3.8) is 0 Å². The molecule has 1 fully saturated rings. The lowest BCUT2D eigenvalue weighted by molar-refractivity contribution is -0.134. The van der Waals surface area contributed by atoms with Gasteiger partial charge in [-0.1, -0.05) is 18.2 Å². The second-order valence-electron chi connectivity index (χ2n) is 8.57. The molecule has 6 rings (SSSR count). The van der Waals surface area contributed by atoms with Crippen LogP contribution in [0.5, 0.6) is 0 Å². The molecule has 1 amide bonds. The van der Waals surface area contributed by atoms with Crippen LogP contribution in [-0.4, -0.2) is 46.1 Å². The molecule has 4 aromatic rings. The van der Waals surface area contributed by atoms with Gasteiger partial charge in [0.05, 0.1) is 38.6 Å². The average molecular weight is 477 g/mol. The summed E-state index contributed by atoms with van der Waals surface area (Å²) in [7, 11) is 0. The van der Waals surface area contributed by atoms with Crippen LogP contribution in [0.1, 0.15) is 46.9 Å². The zero-order chi connectivity index (χ0) is 22.2. The molecule has 0 spiro atoms. The monoisotopic (exact) mass is 476 g/mol. The zero-order valence-corrected chi connectivity index (χ0v) is 19.7. The zero-order valence-electron chi connectivity index (χ0n) is 18.1. The molecule has 0 N–H and O–H groups in total. The molecule has 33 heavy (non-hydrogen) atoms. The van der Waals surface area contributed by atoms with Gasteiger partial charge >= 0.3 is 0 Å². The minimum atomic E-state index is -0.176. The van der Waals surface area contributed by atoms with E-state index < -0.39 is 0 Å². The summed E-state index contributed by atoms with van der Waals surface area (Å²) in [6.45, 7) is 2.17. The Morgan fingerprint density at radius 2 is 1.97 bits per heavy atom. The molecule has 6 nitrogen and oxygen atoms in total. The van der Waals surface area contributed by atoms with Gasteiger partial charge in [0.15, 0.2) is 0 Å². The van der Waals surface area contributed by atoms with Crippen molar-refractivity contribution in [1.82, 2.24) is 14.9 Å². The SMILES string of the molecule is O=C(CN1CCC(c2nc3ccccc3s2)CC1)N1N=C(c2cccs2)CC1c1ccco1. The molecule has 0 bridgehead atoms. The lowest BCUT2D eigenvalue weighted by Crippen LogP contribution is -2.41. The Bertz CT molecular complexity index is 1240. The highest BCUT2D eigenvalue weighted by molar-refractivity contribution is 7.18. The number of thiophene rings is 1. The third-order valence-electron chi connectivity index (χ3n) is 6.45. The highest BCUT2D eigenvalue weighted by Crippen LogP contribution is 2.36. The maximum absolute atomic E-state index is 13.3. The molecular formula is C25H24N4O2S2. The molecule has 168 valence electrons. The van der Waals surface area contributed by atoms with E-state index in [0.717, 1.165) is 47.8 Å². The van der Waals surface area contributed by atoms with Gasteiger partial charge in [0.25, 0.3) is 5.91 Å². The molecule has 1 aromatic carbocycles. The first kappa shape index (κ1) is 20.8. The van der Waals surface area contributed by atoms with Crippen molar-refractivity contribution in [3.8, 4) is 0 Å². The number of para-hydroxylation sites is 1. The van der Waals surface area contributed by atoms with E-state index in [1.165, 1.54) is 9.71 Å². The summed E-state index contributed by atoms with van der Waals surface area (Å²) in [5.74, 6) is 1.29. The standard InChI is InChI=1S/C25H24N4O2S2/c30-24(29-20(21-6-3-13-31-21)15-19(27-29)22-8-4-14-32-22)16-28-11-9-17(10-12-28)25-26-18-5-1-2-7-23(18)33-25/h1-8,13-14,17,20H,9-12,15-16H2. The van der Waals surface area contributed by atoms with Gasteiger partial charge in [0.1, 0.15) is 11.8 Å². The molecular weight excluding hydrogens is 452 g/mol. The van der Waals surface area contributed by atoms with Crippen molar-refractivity contribution in [2.75, 3.05) is 19.6 Å². The van der Waals surface area contributed by atoms with E-state index in [2.05, 4.69) is 29.2 Å². The first-order valence-corrected chi connectivity index (χ1v) is 13.0. The summed E-state index contributed by atoms with van der Waals surface area (Å²) in [4.78, 5) is 21.5. The molecule has 0 radical (unpaired) electrons. The van der Waals surface area contributed by atoms with Gasteiger partial charge in [0, 0.05) is 12.3 Å². The summed E-state index contributed by atoms with van der Waals surface area (Å²) in [6, 6.07) is 16.0. The van der Waals surface area contributed by atoms with Crippen molar-refractivity contribution < 1.29 is 9.21 Å². The Morgan fingerprint density at radius 1 is 1.09 bits per heavy atom. The number of piperidine rings is 1. The number of amides is 1. The molecule has 2 aliphatic rings. The molecule has 2 aliphatic heterocycles. The van der Waals surface area contributed by atoms with Crippen LogP contribution in [0.2, 0.25) is 0 Å². The Morgan fingerprint density at radius 3 is 2.73 bits per heavy atom. The van der Waals surface area contributed by atoms with Gasteiger partial charge in [-0.2, -0.15) is 5.10 Å². The Hall–Kier alpha value is -2.81. The van der Waals surface area contributed by atoms with Crippen molar-refractivity contribution >= 4 is 44.5 Å². The summed E-state index contributed by atoms with van der Waals surface area (Å²) < 4.78 is 6.91. The fraction of sp³-hybridized carbons (Fsp3) is 0.320. The third kappa shape index (κ3) is 4.14. The number of benzene rings is 1. The number of hydrazone groups is 1. The summed E-state index contributed by atoms with van der Waals surface area (Å²) in [5.41, 5.74) is 2.04. The molecule has 0 saturated carbocycles. The number of hydrogen-bond acceptors (Lipinski definition) is 7. The van der Waals surface area contributed by atoms with Crippen molar-refractivity contribution in [2.24, 2.45) is 5.10 Å². The topological polar surface area (TPSA) is 61.9 Å². The van der Waals surface area contributed by atoms with E-state index in [1.54, 1.807) is 33.9 Å². The molecule has 5 heterocycles. The number of furan rings is 1. The number of nitrogens with zero attached hydrogens (tertiary/aromatic N) is 4. The number of carbonyl (C=O) groups excluding carboxylic acids is 1. The predicted molar refractivity (Wildman–Crippen MR) is 132 cm³/mol. The quantitative estimate of drug-likeness (QED) is 0.381. The second kappa shape index (κ2) is 8.85. The van der Waals surface area contributed by atoms with Gasteiger partial charge in [-0.15, -0.1) is 22.7 Å². The number of aromatic nitrogens is 1. The van der Waals surface area contributed by atoms with E-state index in [9.17, 15) is 4.79 Å². The first-order chi connectivity index (χ1) is 16.2. The Kier molecular flexibility index (Phi) is 5.57. The van der Waals surface area contributed by atoms with E-state index in [1.807, 2.05) is 29.6 Å². The number of thiazole rings is 1. The van der Waals surface area contributed by atoms with E-state index in [0.29, 0.717) is 18.9 Å². The minimum Gasteiger partial charge on any atom is -0.467 e. The number of fused-ring (bicyclic) bond motifs is 1. The number of rotatable bonds is 5. The van der Waals surface area contributed by atoms with Gasteiger partial charge in [-0.25, -0.2) is 9.99 Å².